The Balaban J connectivity index is 3.22. The summed E-state index contributed by atoms with van der Waals surface area (Å²) in [6, 6.07) is 6.31. The van der Waals surface area contributed by atoms with E-state index in [4.69, 9.17) is 11.6 Å². The van der Waals surface area contributed by atoms with Crippen LogP contribution in [-0.4, -0.2) is 23.3 Å². The zero-order valence-electron chi connectivity index (χ0n) is 10.8. The van der Waals surface area contributed by atoms with Crippen LogP contribution in [0, 0.1) is 0 Å². The Bertz CT molecular complexity index is 337. The van der Waals surface area contributed by atoms with E-state index in [0.717, 1.165) is 18.1 Å². The molecule has 0 fully saturated rings. The zero-order valence-corrected chi connectivity index (χ0v) is 13.5. The monoisotopic (exact) mass is 255 g/mol. The fourth-order valence-corrected chi connectivity index (χ4v) is 2.79. The van der Waals surface area contributed by atoms with Crippen molar-refractivity contribution >= 4 is 27.5 Å². The second-order valence-electron chi connectivity index (χ2n) is 4.16. The van der Waals surface area contributed by atoms with Crippen molar-refractivity contribution in [1.29, 1.82) is 0 Å². The van der Waals surface area contributed by atoms with Crippen molar-refractivity contribution in [2.24, 2.45) is 0 Å². The minimum Gasteiger partial charge on any atom is -0.371 e. The first-order chi connectivity index (χ1) is 7.65. The molecule has 0 aliphatic heterocycles. The molecule has 0 heterocycles. The van der Waals surface area contributed by atoms with Crippen LogP contribution in [0.2, 0.25) is 5.02 Å². The number of anilines is 1. The Hall–Kier alpha value is -0.473. The maximum absolute atomic E-state index is 6.36. The van der Waals surface area contributed by atoms with Gasteiger partial charge in [0, 0.05) is 23.3 Å². The lowest BCUT2D eigenvalue weighted by molar-refractivity contribution is 0.829. The maximum Gasteiger partial charge on any atom is 0.0642 e. The molecule has 0 aromatic heterocycles. The van der Waals surface area contributed by atoms with Crippen LogP contribution >= 0.6 is 11.6 Å². The molecule has 90 valence electrons. The predicted octanol–water partition coefficient (Wildman–Crippen LogP) is 3.00. The van der Waals surface area contributed by atoms with Gasteiger partial charge in [-0.05, 0) is 31.0 Å². The molecule has 1 unspecified atom stereocenters. The highest BCUT2D eigenvalue weighted by Crippen LogP contribution is 2.34. The molecule has 0 saturated carbocycles. The summed E-state index contributed by atoms with van der Waals surface area (Å²) in [5.41, 5.74) is 3.40. The Kier molecular flexibility index (Phi) is 5.36. The van der Waals surface area contributed by atoms with Crippen LogP contribution in [0.3, 0.4) is 0 Å². The molecule has 0 amide bonds. The molecule has 0 aliphatic carbocycles. The molecule has 0 bridgehead atoms. The molecule has 1 atom stereocenters. The van der Waals surface area contributed by atoms with Gasteiger partial charge in [0.2, 0.25) is 0 Å². The Labute approximate surface area is 107 Å². The van der Waals surface area contributed by atoms with Gasteiger partial charge in [-0.1, -0.05) is 37.1 Å². The largest absolute Gasteiger partial charge is 0.371 e. The molecule has 0 spiro atoms. The molecule has 1 aromatic rings. The first kappa shape index (κ1) is 13.6. The van der Waals surface area contributed by atoms with E-state index in [1.54, 1.807) is 0 Å². The van der Waals surface area contributed by atoms with E-state index in [1.165, 1.54) is 27.9 Å². The van der Waals surface area contributed by atoms with Gasteiger partial charge in [-0.15, -0.1) is 0 Å². The molecule has 1 aromatic carbocycles. The fourth-order valence-electron chi connectivity index (χ4n) is 2.02. The predicted molar refractivity (Wildman–Crippen MR) is 78.0 cm³/mol. The lowest BCUT2D eigenvalue weighted by atomic mass is 10.1. The van der Waals surface area contributed by atoms with Gasteiger partial charge in [-0.25, -0.2) is 0 Å². The highest BCUT2D eigenvalue weighted by Gasteiger charge is 2.15. The van der Waals surface area contributed by atoms with Gasteiger partial charge in [-0.2, -0.15) is 0 Å². The molecule has 0 radical (unpaired) electrons. The third-order valence-electron chi connectivity index (χ3n) is 3.24. The van der Waals surface area contributed by atoms with Crippen molar-refractivity contribution in [3.63, 3.8) is 0 Å². The van der Waals surface area contributed by atoms with Gasteiger partial charge in [-0.3, -0.25) is 0 Å². The van der Waals surface area contributed by atoms with E-state index in [-0.39, 0.29) is 0 Å². The van der Waals surface area contributed by atoms with Crippen LogP contribution in [-0.2, 0) is 0 Å². The van der Waals surface area contributed by atoms with Gasteiger partial charge < -0.3 is 4.90 Å². The second-order valence-corrected chi connectivity index (χ2v) is 5.96. The minimum atomic E-state index is 0.703. The zero-order chi connectivity index (χ0) is 12.1. The maximum atomic E-state index is 6.36. The van der Waals surface area contributed by atoms with Crippen molar-refractivity contribution in [3.05, 3.63) is 28.8 Å². The van der Waals surface area contributed by atoms with E-state index in [2.05, 4.69) is 37.8 Å². The van der Waals surface area contributed by atoms with Gasteiger partial charge in [0.25, 0.3) is 0 Å². The van der Waals surface area contributed by atoms with Crippen molar-refractivity contribution < 1.29 is 0 Å². The minimum absolute atomic E-state index is 0.703. The molecule has 16 heavy (non-hydrogen) atoms. The molecule has 0 saturated heterocycles. The van der Waals surface area contributed by atoms with E-state index < -0.39 is 0 Å². The third kappa shape index (κ3) is 2.80. The number of hydrogen-bond acceptors (Lipinski definition) is 1. The van der Waals surface area contributed by atoms with Crippen LogP contribution in [0.5, 0.6) is 0 Å². The molecular weight excluding hydrogens is 234 g/mol. The highest BCUT2D eigenvalue weighted by molar-refractivity contribution is 6.33. The standard InChI is InChI=1S/C13H22ClNSi/c1-4-12(16)10-8-7-9-11(14)13(10)15(5-2)6-3/h7-9,12H,4-6H2,1-3,16H3. The third-order valence-corrected chi connectivity index (χ3v) is 4.98. The Morgan fingerprint density at radius 3 is 2.38 bits per heavy atom. The first-order valence-corrected chi connectivity index (χ1v) is 7.72. The van der Waals surface area contributed by atoms with E-state index in [0.29, 0.717) is 5.54 Å². The molecule has 1 nitrogen and oxygen atoms in total. The summed E-state index contributed by atoms with van der Waals surface area (Å²) >= 11 is 6.36. The topological polar surface area (TPSA) is 3.24 Å². The molecule has 0 aliphatic rings. The smallest absolute Gasteiger partial charge is 0.0642 e. The van der Waals surface area contributed by atoms with Crippen molar-refractivity contribution in [1.82, 2.24) is 0 Å². The molecular formula is C13H22ClNSi. The van der Waals surface area contributed by atoms with Crippen molar-refractivity contribution in [2.45, 2.75) is 32.7 Å². The number of nitrogens with zero attached hydrogens (tertiary/aromatic N) is 1. The molecule has 3 heteroatoms. The lowest BCUT2D eigenvalue weighted by Gasteiger charge is -2.27. The number of para-hydroxylation sites is 1. The average Bonchev–Trinajstić information content (AvgIpc) is 2.31. The number of benzene rings is 1. The SMILES string of the molecule is CCC([SiH3])c1cccc(Cl)c1N(CC)CC. The van der Waals surface area contributed by atoms with Gasteiger partial charge in [0.15, 0.2) is 0 Å². The van der Waals surface area contributed by atoms with E-state index in [1.807, 2.05) is 6.07 Å². The number of hydrogen-bond donors (Lipinski definition) is 0. The summed E-state index contributed by atoms with van der Waals surface area (Å²) in [7, 11) is 1.19. The Morgan fingerprint density at radius 2 is 1.88 bits per heavy atom. The van der Waals surface area contributed by atoms with Gasteiger partial charge in [0.05, 0.1) is 10.7 Å². The molecule has 1 rings (SSSR count). The van der Waals surface area contributed by atoms with Gasteiger partial charge in [0.1, 0.15) is 0 Å². The summed E-state index contributed by atoms with van der Waals surface area (Å²) < 4.78 is 0. The summed E-state index contributed by atoms with van der Waals surface area (Å²) in [6.07, 6.45) is 1.21. The second kappa shape index (κ2) is 6.31. The quantitative estimate of drug-likeness (QED) is 0.732. The lowest BCUT2D eigenvalue weighted by Crippen LogP contribution is -2.24. The van der Waals surface area contributed by atoms with E-state index >= 15 is 0 Å². The van der Waals surface area contributed by atoms with Crippen molar-refractivity contribution in [3.8, 4) is 0 Å². The summed E-state index contributed by atoms with van der Waals surface area (Å²) in [5.74, 6) is 0. The summed E-state index contributed by atoms with van der Waals surface area (Å²) in [5, 5.41) is 0.899. The number of halogens is 1. The normalized spacial score (nSPS) is 12.8. The van der Waals surface area contributed by atoms with Crippen molar-refractivity contribution in [2.75, 3.05) is 18.0 Å². The van der Waals surface area contributed by atoms with Crippen LogP contribution in [0.25, 0.3) is 0 Å². The Morgan fingerprint density at radius 1 is 1.25 bits per heavy atom. The number of rotatable bonds is 5. The summed E-state index contributed by atoms with van der Waals surface area (Å²) in [4.78, 5) is 2.36. The van der Waals surface area contributed by atoms with Crippen LogP contribution in [0.1, 0.15) is 38.3 Å². The van der Waals surface area contributed by atoms with Crippen LogP contribution in [0.15, 0.2) is 18.2 Å². The average molecular weight is 256 g/mol. The fraction of sp³-hybridized carbons (Fsp3) is 0.538. The molecule has 0 N–H and O–H groups in total. The van der Waals surface area contributed by atoms with Gasteiger partial charge >= 0.3 is 0 Å². The first-order valence-electron chi connectivity index (χ1n) is 6.18. The van der Waals surface area contributed by atoms with Crippen LogP contribution in [0.4, 0.5) is 5.69 Å². The summed E-state index contributed by atoms with van der Waals surface area (Å²) in [6.45, 7) is 8.66. The highest BCUT2D eigenvalue weighted by atomic mass is 35.5. The van der Waals surface area contributed by atoms with E-state index in [9.17, 15) is 0 Å². The van der Waals surface area contributed by atoms with Crippen LogP contribution < -0.4 is 4.90 Å².